The van der Waals surface area contributed by atoms with Crippen molar-refractivity contribution in [2.75, 3.05) is 23.7 Å². The highest BCUT2D eigenvalue weighted by atomic mass is 32.2. The van der Waals surface area contributed by atoms with Crippen molar-refractivity contribution in [1.82, 2.24) is 4.31 Å². The van der Waals surface area contributed by atoms with E-state index in [2.05, 4.69) is 10.6 Å². The molecule has 13 heteroatoms. The van der Waals surface area contributed by atoms with Crippen molar-refractivity contribution >= 4 is 33.0 Å². The molecule has 0 aromatic heterocycles. The molecule has 3 rings (SSSR count). The fourth-order valence-corrected chi connectivity index (χ4v) is 5.68. The normalized spacial score (nSPS) is 16.1. The van der Waals surface area contributed by atoms with Gasteiger partial charge in [-0.2, -0.15) is 17.5 Å². The van der Waals surface area contributed by atoms with Crippen LogP contribution in [-0.2, 0) is 21.0 Å². The van der Waals surface area contributed by atoms with Crippen LogP contribution in [0.1, 0.15) is 43.7 Å². The molecule has 0 radical (unpaired) electrons. The topological polar surface area (TPSA) is 122 Å². The van der Waals surface area contributed by atoms with E-state index in [1.165, 1.54) is 23.4 Å². The number of sulfonamides is 1. The van der Waals surface area contributed by atoms with Gasteiger partial charge in [-0.3, -0.25) is 14.9 Å². The third-order valence-electron chi connectivity index (χ3n) is 5.93. The summed E-state index contributed by atoms with van der Waals surface area (Å²) in [5.74, 6) is -0.661. The van der Waals surface area contributed by atoms with E-state index in [4.69, 9.17) is 0 Å². The summed E-state index contributed by atoms with van der Waals surface area (Å²) in [6.45, 7) is 3.88. The highest BCUT2D eigenvalue weighted by Gasteiger charge is 2.33. The van der Waals surface area contributed by atoms with Crippen LogP contribution in [0.2, 0.25) is 0 Å². The number of halogens is 3. The van der Waals surface area contributed by atoms with E-state index in [1.54, 1.807) is 13.0 Å². The summed E-state index contributed by atoms with van der Waals surface area (Å²) in [7, 11) is -3.77. The molecule has 1 aliphatic heterocycles. The number of nitro groups is 1. The van der Waals surface area contributed by atoms with E-state index < -0.39 is 44.3 Å². The summed E-state index contributed by atoms with van der Waals surface area (Å²) in [6, 6.07) is 5.34. The second kappa shape index (κ2) is 10.8. The number of hydrogen-bond acceptors (Lipinski definition) is 6. The number of rotatable bonds is 7. The summed E-state index contributed by atoms with van der Waals surface area (Å²) in [5.41, 5.74) is -1.55. The lowest BCUT2D eigenvalue weighted by Gasteiger charge is -2.22. The predicted molar refractivity (Wildman–Crippen MR) is 128 cm³/mol. The van der Waals surface area contributed by atoms with Gasteiger partial charge in [0.15, 0.2) is 0 Å². The Morgan fingerprint density at radius 1 is 1.08 bits per heavy atom. The quantitative estimate of drug-likeness (QED) is 0.388. The van der Waals surface area contributed by atoms with Crippen molar-refractivity contribution in [3.8, 4) is 0 Å². The van der Waals surface area contributed by atoms with Gasteiger partial charge >= 0.3 is 6.18 Å². The molecule has 0 unspecified atom stereocenters. The molecule has 9 nitrogen and oxygen atoms in total. The van der Waals surface area contributed by atoms with Gasteiger partial charge in [0.2, 0.25) is 15.9 Å². The van der Waals surface area contributed by atoms with E-state index in [-0.39, 0.29) is 16.3 Å². The van der Waals surface area contributed by atoms with Crippen LogP contribution >= 0.6 is 0 Å². The maximum absolute atomic E-state index is 13.2. The zero-order chi connectivity index (χ0) is 26.7. The number of benzene rings is 2. The number of amides is 1. The molecule has 0 bridgehead atoms. The molecule has 0 spiro atoms. The van der Waals surface area contributed by atoms with Crippen LogP contribution < -0.4 is 10.6 Å². The Balaban J connectivity index is 1.78. The number of hydrogen-bond donors (Lipinski definition) is 2. The van der Waals surface area contributed by atoms with E-state index in [1.807, 2.05) is 0 Å². The van der Waals surface area contributed by atoms with E-state index in [0.717, 1.165) is 31.7 Å². The van der Waals surface area contributed by atoms with E-state index in [0.29, 0.717) is 30.8 Å². The summed E-state index contributed by atoms with van der Waals surface area (Å²) >= 11 is 0. The van der Waals surface area contributed by atoms with Crippen LogP contribution in [0.5, 0.6) is 0 Å². The molecule has 1 aliphatic rings. The minimum absolute atomic E-state index is 0.0705. The zero-order valence-corrected chi connectivity index (χ0v) is 20.6. The van der Waals surface area contributed by atoms with E-state index >= 15 is 0 Å². The number of nitro benzene ring substituents is 1. The fraction of sp³-hybridized carbons (Fsp3) is 0.435. The monoisotopic (exact) mass is 528 g/mol. The Bertz CT molecular complexity index is 1240. The zero-order valence-electron chi connectivity index (χ0n) is 19.8. The Hall–Kier alpha value is -3.19. The molecular weight excluding hydrogens is 501 g/mol. The fourth-order valence-electron chi connectivity index (χ4n) is 3.91. The van der Waals surface area contributed by atoms with Crippen molar-refractivity contribution in [3.63, 3.8) is 0 Å². The Kier molecular flexibility index (Phi) is 8.24. The SMILES string of the molecule is Cc1ccc(NC(=O)[C@H](C)Nc2ccc(C(F)(F)F)cc2[N+](=O)[O-])cc1S(=O)(=O)N1CCCCCC1. The van der Waals surface area contributed by atoms with Crippen molar-refractivity contribution in [2.24, 2.45) is 0 Å². The van der Waals surface area contributed by atoms with Crippen molar-refractivity contribution in [3.05, 3.63) is 57.6 Å². The standard InChI is InChI=1S/C23H27F3N4O5S/c1-15-7-9-18(14-21(15)36(34,35)29-11-5-3-4-6-12-29)28-22(31)16(2)27-19-10-8-17(23(24,25)26)13-20(19)30(32)33/h7-10,13-14,16,27H,3-6,11-12H2,1-2H3,(H,28,31)/t16-/m0/s1. The number of carbonyl (C=O) groups is 1. The number of anilines is 2. The second-order valence-electron chi connectivity index (χ2n) is 8.64. The van der Waals surface area contributed by atoms with Crippen molar-refractivity contribution in [1.29, 1.82) is 0 Å². The first kappa shape index (κ1) is 27.4. The number of alkyl halides is 3. The van der Waals surface area contributed by atoms with Gasteiger partial charge in [-0.25, -0.2) is 8.42 Å². The minimum Gasteiger partial charge on any atom is -0.368 e. The number of aryl methyl sites for hydroxylation is 1. The van der Waals surface area contributed by atoms with Crippen LogP contribution in [0.15, 0.2) is 41.3 Å². The molecule has 1 fully saturated rings. The van der Waals surface area contributed by atoms with Gasteiger partial charge < -0.3 is 10.6 Å². The summed E-state index contributed by atoms with van der Waals surface area (Å²) in [6.07, 6.45) is -1.29. The van der Waals surface area contributed by atoms with Gasteiger partial charge in [-0.1, -0.05) is 18.9 Å². The van der Waals surface area contributed by atoms with Gasteiger partial charge in [0, 0.05) is 24.8 Å². The molecule has 2 aromatic carbocycles. The van der Waals surface area contributed by atoms with Crippen LogP contribution in [-0.4, -0.2) is 42.7 Å². The van der Waals surface area contributed by atoms with Gasteiger partial charge in [0.05, 0.1) is 15.4 Å². The summed E-state index contributed by atoms with van der Waals surface area (Å²) in [4.78, 5) is 23.1. The molecule has 1 amide bonds. The number of nitrogens with one attached hydrogen (secondary N) is 2. The largest absolute Gasteiger partial charge is 0.416 e. The Morgan fingerprint density at radius 3 is 2.31 bits per heavy atom. The van der Waals surface area contributed by atoms with Crippen LogP contribution in [0.3, 0.4) is 0 Å². The molecule has 36 heavy (non-hydrogen) atoms. The predicted octanol–water partition coefficient (Wildman–Crippen LogP) is 4.93. The lowest BCUT2D eigenvalue weighted by atomic mass is 10.1. The molecule has 1 atom stereocenters. The van der Waals surface area contributed by atoms with Crippen LogP contribution in [0.4, 0.5) is 30.2 Å². The smallest absolute Gasteiger partial charge is 0.368 e. The molecular formula is C23H27F3N4O5S. The highest BCUT2D eigenvalue weighted by molar-refractivity contribution is 7.89. The molecule has 2 N–H and O–H groups in total. The minimum atomic E-state index is -4.76. The molecule has 0 aliphatic carbocycles. The third kappa shape index (κ3) is 6.32. The average molecular weight is 529 g/mol. The van der Waals surface area contributed by atoms with Gasteiger partial charge in [-0.05, 0) is 56.5 Å². The third-order valence-corrected chi connectivity index (χ3v) is 7.97. The van der Waals surface area contributed by atoms with Gasteiger partial charge in [-0.15, -0.1) is 0 Å². The summed E-state index contributed by atoms with van der Waals surface area (Å²) in [5, 5.41) is 16.4. The van der Waals surface area contributed by atoms with Gasteiger partial charge in [0.1, 0.15) is 11.7 Å². The number of nitrogens with zero attached hydrogens (tertiary/aromatic N) is 2. The Labute approximate surface area is 206 Å². The lowest BCUT2D eigenvalue weighted by Crippen LogP contribution is -2.33. The van der Waals surface area contributed by atoms with Crippen molar-refractivity contribution < 1.29 is 31.3 Å². The lowest BCUT2D eigenvalue weighted by molar-refractivity contribution is -0.384. The average Bonchev–Trinajstić information content (AvgIpc) is 3.10. The first-order valence-electron chi connectivity index (χ1n) is 11.3. The second-order valence-corrected chi connectivity index (χ2v) is 10.5. The molecule has 1 heterocycles. The molecule has 2 aromatic rings. The molecule has 196 valence electrons. The Morgan fingerprint density at radius 2 is 1.72 bits per heavy atom. The first-order valence-corrected chi connectivity index (χ1v) is 12.8. The summed E-state index contributed by atoms with van der Waals surface area (Å²) < 4.78 is 66.7. The maximum atomic E-state index is 13.2. The highest BCUT2D eigenvalue weighted by Crippen LogP contribution is 2.35. The number of carbonyl (C=O) groups excluding carboxylic acids is 1. The van der Waals surface area contributed by atoms with Crippen LogP contribution in [0, 0.1) is 17.0 Å². The van der Waals surface area contributed by atoms with E-state index in [9.17, 15) is 36.5 Å². The van der Waals surface area contributed by atoms with Gasteiger partial charge in [0.25, 0.3) is 5.69 Å². The maximum Gasteiger partial charge on any atom is 0.416 e. The van der Waals surface area contributed by atoms with Crippen molar-refractivity contribution in [2.45, 2.75) is 56.6 Å². The van der Waals surface area contributed by atoms with Crippen LogP contribution in [0.25, 0.3) is 0 Å². The molecule has 0 saturated carbocycles. The molecule has 1 saturated heterocycles. The first-order chi connectivity index (χ1) is 16.8.